The van der Waals surface area contributed by atoms with Crippen molar-refractivity contribution in [1.29, 1.82) is 0 Å². The van der Waals surface area contributed by atoms with E-state index in [-0.39, 0.29) is 6.54 Å². The van der Waals surface area contributed by atoms with E-state index in [0.29, 0.717) is 11.7 Å². The molecule has 1 aromatic carbocycles. The van der Waals surface area contributed by atoms with Gasteiger partial charge in [-0.05, 0) is 43.5 Å². The standard InChI is InChI=1S/C15H21N3O2/c1-4-5-6-19-14-10(2)7-12(8-11(14)3)15-17-13(9-16)20-18-15/h7-8H,4-6,9,16H2,1-3H3. The van der Waals surface area contributed by atoms with Crippen LogP contribution in [0.1, 0.15) is 36.8 Å². The van der Waals surface area contributed by atoms with Gasteiger partial charge in [0.05, 0.1) is 13.2 Å². The molecule has 0 bridgehead atoms. The molecule has 108 valence electrons. The first-order valence-electron chi connectivity index (χ1n) is 6.92. The zero-order chi connectivity index (χ0) is 14.5. The fraction of sp³-hybridized carbons (Fsp3) is 0.467. The SMILES string of the molecule is CCCCOc1c(C)cc(-c2noc(CN)n2)cc1C. The molecule has 20 heavy (non-hydrogen) atoms. The van der Waals surface area contributed by atoms with E-state index in [1.807, 2.05) is 26.0 Å². The summed E-state index contributed by atoms with van der Waals surface area (Å²) < 4.78 is 10.9. The average Bonchev–Trinajstić information content (AvgIpc) is 2.90. The first-order chi connectivity index (χ1) is 9.65. The summed E-state index contributed by atoms with van der Waals surface area (Å²) in [6.45, 7) is 7.21. The van der Waals surface area contributed by atoms with Gasteiger partial charge >= 0.3 is 0 Å². The minimum absolute atomic E-state index is 0.253. The number of unbranched alkanes of at least 4 members (excludes halogenated alkanes) is 1. The lowest BCUT2D eigenvalue weighted by atomic mass is 10.1. The van der Waals surface area contributed by atoms with E-state index in [9.17, 15) is 0 Å². The van der Waals surface area contributed by atoms with Crippen LogP contribution >= 0.6 is 0 Å². The normalized spacial score (nSPS) is 10.8. The Bertz CT molecular complexity index is 555. The smallest absolute Gasteiger partial charge is 0.240 e. The van der Waals surface area contributed by atoms with Gasteiger partial charge in [-0.1, -0.05) is 18.5 Å². The Hall–Kier alpha value is -1.88. The highest BCUT2D eigenvalue weighted by Gasteiger charge is 2.12. The highest BCUT2D eigenvalue weighted by atomic mass is 16.5. The van der Waals surface area contributed by atoms with Crippen LogP contribution in [0, 0.1) is 13.8 Å². The molecule has 0 saturated carbocycles. The maximum Gasteiger partial charge on any atom is 0.240 e. The van der Waals surface area contributed by atoms with Gasteiger partial charge in [-0.15, -0.1) is 0 Å². The predicted octanol–water partition coefficient (Wildman–Crippen LogP) is 2.99. The van der Waals surface area contributed by atoms with Crippen LogP contribution < -0.4 is 10.5 Å². The third-order valence-corrected chi connectivity index (χ3v) is 3.11. The number of hydrogen-bond acceptors (Lipinski definition) is 5. The van der Waals surface area contributed by atoms with E-state index in [2.05, 4.69) is 17.1 Å². The molecule has 0 aliphatic heterocycles. The fourth-order valence-corrected chi connectivity index (χ4v) is 2.08. The second-order valence-corrected chi connectivity index (χ2v) is 4.86. The molecule has 2 aromatic rings. The van der Waals surface area contributed by atoms with Crippen LogP contribution in [-0.2, 0) is 6.54 Å². The monoisotopic (exact) mass is 275 g/mol. The quantitative estimate of drug-likeness (QED) is 0.820. The third-order valence-electron chi connectivity index (χ3n) is 3.11. The summed E-state index contributed by atoms with van der Waals surface area (Å²) in [5.41, 5.74) is 8.56. The Morgan fingerprint density at radius 1 is 1.25 bits per heavy atom. The van der Waals surface area contributed by atoms with E-state index in [1.54, 1.807) is 0 Å². The summed E-state index contributed by atoms with van der Waals surface area (Å²) in [6.07, 6.45) is 2.19. The second-order valence-electron chi connectivity index (χ2n) is 4.86. The maximum absolute atomic E-state index is 5.84. The first-order valence-corrected chi connectivity index (χ1v) is 6.92. The van der Waals surface area contributed by atoms with Crippen molar-refractivity contribution in [3.8, 4) is 17.1 Å². The molecule has 0 aliphatic carbocycles. The Kier molecular flexibility index (Phi) is 4.74. The average molecular weight is 275 g/mol. The molecule has 0 unspecified atom stereocenters. The van der Waals surface area contributed by atoms with Gasteiger partial charge in [0.25, 0.3) is 0 Å². The van der Waals surface area contributed by atoms with Gasteiger partial charge in [0.2, 0.25) is 11.7 Å². The third kappa shape index (κ3) is 3.17. The van der Waals surface area contributed by atoms with E-state index in [0.717, 1.165) is 41.9 Å². The van der Waals surface area contributed by atoms with Crippen molar-refractivity contribution in [2.24, 2.45) is 5.73 Å². The van der Waals surface area contributed by atoms with E-state index >= 15 is 0 Å². The number of benzene rings is 1. The number of nitrogens with zero attached hydrogens (tertiary/aromatic N) is 2. The summed E-state index contributed by atoms with van der Waals surface area (Å²) in [4.78, 5) is 4.24. The number of aromatic nitrogens is 2. The summed E-state index contributed by atoms with van der Waals surface area (Å²) in [5.74, 6) is 1.96. The lowest BCUT2D eigenvalue weighted by Crippen LogP contribution is -2.01. The van der Waals surface area contributed by atoms with Crippen LogP contribution in [-0.4, -0.2) is 16.7 Å². The van der Waals surface area contributed by atoms with Crippen LogP contribution in [0.2, 0.25) is 0 Å². The number of hydrogen-bond donors (Lipinski definition) is 1. The highest BCUT2D eigenvalue weighted by molar-refractivity contribution is 5.60. The number of ether oxygens (including phenoxy) is 1. The van der Waals surface area contributed by atoms with Gasteiger partial charge in [-0.3, -0.25) is 0 Å². The minimum atomic E-state index is 0.253. The number of aryl methyl sites for hydroxylation is 2. The van der Waals surface area contributed by atoms with Crippen molar-refractivity contribution in [3.05, 3.63) is 29.2 Å². The van der Waals surface area contributed by atoms with Crippen molar-refractivity contribution >= 4 is 0 Å². The molecule has 0 amide bonds. The van der Waals surface area contributed by atoms with E-state index in [4.69, 9.17) is 15.0 Å². The van der Waals surface area contributed by atoms with Gasteiger partial charge < -0.3 is 15.0 Å². The molecule has 5 heteroatoms. The zero-order valence-electron chi connectivity index (χ0n) is 12.3. The van der Waals surface area contributed by atoms with E-state index < -0.39 is 0 Å². The van der Waals surface area contributed by atoms with Gasteiger partial charge in [-0.25, -0.2) is 0 Å². The Morgan fingerprint density at radius 3 is 2.50 bits per heavy atom. The lowest BCUT2D eigenvalue weighted by Gasteiger charge is -2.12. The zero-order valence-corrected chi connectivity index (χ0v) is 12.3. The summed E-state index contributed by atoms with van der Waals surface area (Å²) in [6, 6.07) is 4.03. The van der Waals surface area contributed by atoms with Crippen molar-refractivity contribution < 1.29 is 9.26 Å². The van der Waals surface area contributed by atoms with E-state index in [1.165, 1.54) is 0 Å². The molecule has 0 aliphatic rings. The maximum atomic E-state index is 5.84. The van der Waals surface area contributed by atoms with Gasteiger partial charge in [0.1, 0.15) is 5.75 Å². The molecule has 1 heterocycles. The van der Waals surface area contributed by atoms with Gasteiger partial charge in [0, 0.05) is 5.56 Å². The molecule has 1 aromatic heterocycles. The molecule has 0 atom stereocenters. The van der Waals surface area contributed by atoms with Crippen LogP contribution in [0.3, 0.4) is 0 Å². The van der Waals surface area contributed by atoms with Crippen molar-refractivity contribution in [1.82, 2.24) is 10.1 Å². The Morgan fingerprint density at radius 2 is 1.95 bits per heavy atom. The highest BCUT2D eigenvalue weighted by Crippen LogP contribution is 2.29. The predicted molar refractivity (Wildman–Crippen MR) is 77.5 cm³/mol. The van der Waals surface area contributed by atoms with Crippen molar-refractivity contribution in [2.75, 3.05) is 6.61 Å². The van der Waals surface area contributed by atoms with Gasteiger partial charge in [-0.2, -0.15) is 4.98 Å². The Labute approximate surface area is 119 Å². The molecular formula is C15H21N3O2. The Balaban J connectivity index is 2.25. The topological polar surface area (TPSA) is 74.2 Å². The molecule has 0 fully saturated rings. The van der Waals surface area contributed by atoms with Crippen LogP contribution in [0.25, 0.3) is 11.4 Å². The molecular weight excluding hydrogens is 254 g/mol. The number of nitrogens with two attached hydrogens (primary N) is 1. The van der Waals surface area contributed by atoms with Crippen LogP contribution in [0.5, 0.6) is 5.75 Å². The largest absolute Gasteiger partial charge is 0.493 e. The fourth-order valence-electron chi connectivity index (χ4n) is 2.08. The molecule has 2 rings (SSSR count). The molecule has 0 saturated heterocycles. The molecule has 0 radical (unpaired) electrons. The second kappa shape index (κ2) is 6.52. The van der Waals surface area contributed by atoms with Gasteiger partial charge in [0.15, 0.2) is 0 Å². The number of rotatable bonds is 6. The lowest BCUT2D eigenvalue weighted by molar-refractivity contribution is 0.305. The first kappa shape index (κ1) is 14.5. The van der Waals surface area contributed by atoms with Crippen LogP contribution in [0.4, 0.5) is 0 Å². The summed E-state index contributed by atoms with van der Waals surface area (Å²) in [5, 5.41) is 3.94. The summed E-state index contributed by atoms with van der Waals surface area (Å²) >= 11 is 0. The van der Waals surface area contributed by atoms with Crippen molar-refractivity contribution in [3.63, 3.8) is 0 Å². The summed E-state index contributed by atoms with van der Waals surface area (Å²) in [7, 11) is 0. The molecule has 5 nitrogen and oxygen atoms in total. The minimum Gasteiger partial charge on any atom is -0.493 e. The van der Waals surface area contributed by atoms with Crippen molar-refractivity contribution in [2.45, 2.75) is 40.2 Å². The molecule has 0 spiro atoms. The molecule has 2 N–H and O–H groups in total. The van der Waals surface area contributed by atoms with Crippen LogP contribution in [0.15, 0.2) is 16.7 Å².